The van der Waals surface area contributed by atoms with Crippen molar-refractivity contribution in [1.82, 2.24) is 0 Å². The Hall–Kier alpha value is -1.15. The molecular weight excluding hydrogens is 325 g/mol. The van der Waals surface area contributed by atoms with Gasteiger partial charge in [-0.2, -0.15) is 0 Å². The van der Waals surface area contributed by atoms with Crippen LogP contribution in [0.2, 0.25) is 0 Å². The molecule has 0 aliphatic rings. The van der Waals surface area contributed by atoms with Gasteiger partial charge in [-0.3, -0.25) is 0 Å². The summed E-state index contributed by atoms with van der Waals surface area (Å²) in [7, 11) is 0. The van der Waals surface area contributed by atoms with E-state index < -0.39 is 13.9 Å². The number of aryl methyl sites for hydroxylation is 6. The van der Waals surface area contributed by atoms with Gasteiger partial charge >= 0.3 is 140 Å². The van der Waals surface area contributed by atoms with E-state index in [0.717, 1.165) is 0 Å². The number of hydrogen-bond donors (Lipinski definition) is 0. The van der Waals surface area contributed by atoms with E-state index in [1.54, 1.807) is 13.1 Å². The molecule has 2 rings (SSSR count). The minimum atomic E-state index is -1.64. The van der Waals surface area contributed by atoms with Crippen molar-refractivity contribution in [2.45, 2.75) is 55.4 Å². The first kappa shape index (κ1) is 17.2. The van der Waals surface area contributed by atoms with Crippen LogP contribution < -0.4 is 8.79 Å². The molecule has 0 aromatic heterocycles. The SMILES string of the molecule is C[C](C)=[Ge]([c]1c(C)cc(C)cc1C)[c]1c(C)cc(C)cc1C. The van der Waals surface area contributed by atoms with Crippen molar-refractivity contribution in [2.75, 3.05) is 0 Å². The van der Waals surface area contributed by atoms with Gasteiger partial charge in [0.15, 0.2) is 0 Å². The summed E-state index contributed by atoms with van der Waals surface area (Å²) in [6.07, 6.45) is 0. The second-order valence-corrected chi connectivity index (χ2v) is 12.7. The number of hydrogen-bond acceptors (Lipinski definition) is 0. The van der Waals surface area contributed by atoms with Crippen molar-refractivity contribution >= 4 is 27.1 Å². The molecule has 22 heavy (non-hydrogen) atoms. The Labute approximate surface area is 140 Å². The monoisotopic (exact) mass is 354 g/mol. The normalized spacial score (nSPS) is 10.7. The Bertz CT molecular complexity index is 654. The first-order valence-electron chi connectivity index (χ1n) is 8.06. The van der Waals surface area contributed by atoms with Crippen molar-refractivity contribution in [1.29, 1.82) is 0 Å². The predicted octanol–water partition coefficient (Wildman–Crippen LogP) is 3.94. The van der Waals surface area contributed by atoms with Crippen LogP contribution in [0.4, 0.5) is 0 Å². The molecule has 0 unspecified atom stereocenters. The average molecular weight is 353 g/mol. The van der Waals surface area contributed by atoms with Gasteiger partial charge in [0.05, 0.1) is 0 Å². The Kier molecular flexibility index (Phi) is 5.11. The van der Waals surface area contributed by atoms with E-state index >= 15 is 0 Å². The zero-order chi connectivity index (χ0) is 16.6. The molecule has 0 aliphatic heterocycles. The van der Waals surface area contributed by atoms with Crippen molar-refractivity contribution in [3.63, 3.8) is 0 Å². The second-order valence-electron chi connectivity index (χ2n) is 6.92. The van der Waals surface area contributed by atoms with Gasteiger partial charge in [0.1, 0.15) is 0 Å². The van der Waals surface area contributed by atoms with Crippen LogP contribution in [0.15, 0.2) is 24.3 Å². The van der Waals surface area contributed by atoms with E-state index in [-0.39, 0.29) is 0 Å². The first-order valence-corrected chi connectivity index (χ1v) is 11.2. The van der Waals surface area contributed by atoms with Crippen molar-refractivity contribution in [2.24, 2.45) is 0 Å². The first-order chi connectivity index (χ1) is 10.2. The zero-order valence-electron chi connectivity index (χ0n) is 15.3. The van der Waals surface area contributed by atoms with Crippen LogP contribution in [0, 0.1) is 41.5 Å². The summed E-state index contributed by atoms with van der Waals surface area (Å²) in [4.78, 5) is 0. The maximum atomic E-state index is 2.36. The van der Waals surface area contributed by atoms with E-state index in [1.807, 2.05) is 0 Å². The van der Waals surface area contributed by atoms with Gasteiger partial charge in [0.2, 0.25) is 0 Å². The fourth-order valence-corrected chi connectivity index (χ4v) is 10.3. The molecule has 0 amide bonds. The van der Waals surface area contributed by atoms with Gasteiger partial charge in [0.25, 0.3) is 0 Å². The van der Waals surface area contributed by atoms with Gasteiger partial charge in [-0.25, -0.2) is 0 Å². The Morgan fingerprint density at radius 3 is 1.09 bits per heavy atom. The summed E-state index contributed by atoms with van der Waals surface area (Å²) >= 11 is -1.64. The van der Waals surface area contributed by atoms with Crippen LogP contribution in [0.25, 0.3) is 0 Å². The molecule has 0 radical (unpaired) electrons. The molecule has 0 spiro atoms. The van der Waals surface area contributed by atoms with Gasteiger partial charge in [-0.15, -0.1) is 0 Å². The van der Waals surface area contributed by atoms with Gasteiger partial charge in [0, 0.05) is 0 Å². The van der Waals surface area contributed by atoms with Crippen molar-refractivity contribution < 1.29 is 0 Å². The minimum absolute atomic E-state index is 1.38. The summed E-state index contributed by atoms with van der Waals surface area (Å²) in [5.41, 5.74) is 8.67. The molecule has 0 fully saturated rings. The molecule has 0 saturated heterocycles. The third kappa shape index (κ3) is 3.27. The van der Waals surface area contributed by atoms with Crippen LogP contribution in [0.5, 0.6) is 0 Å². The predicted molar refractivity (Wildman–Crippen MR) is 103 cm³/mol. The third-order valence-electron chi connectivity index (χ3n) is 4.35. The maximum absolute atomic E-state index is 2.36. The van der Waals surface area contributed by atoms with E-state index in [2.05, 4.69) is 79.7 Å². The van der Waals surface area contributed by atoms with E-state index in [0.29, 0.717) is 0 Å². The van der Waals surface area contributed by atoms with Crippen molar-refractivity contribution in [3.05, 3.63) is 57.6 Å². The van der Waals surface area contributed by atoms with Gasteiger partial charge in [-0.1, -0.05) is 0 Å². The van der Waals surface area contributed by atoms with Crippen molar-refractivity contribution in [3.8, 4) is 0 Å². The molecule has 0 nitrogen and oxygen atoms in total. The summed E-state index contributed by atoms with van der Waals surface area (Å²) < 4.78 is 4.94. The molecule has 1 heteroatoms. The molecule has 0 N–H and O–H groups in total. The summed E-state index contributed by atoms with van der Waals surface area (Å²) in [5.74, 6) is 0. The number of rotatable bonds is 2. The van der Waals surface area contributed by atoms with Crippen LogP contribution in [-0.4, -0.2) is 18.3 Å². The molecule has 2 aromatic carbocycles. The topological polar surface area (TPSA) is 0 Å². The van der Waals surface area contributed by atoms with Crippen LogP contribution in [0.3, 0.4) is 0 Å². The summed E-state index contributed by atoms with van der Waals surface area (Å²) in [6.45, 7) is 18.3. The van der Waals surface area contributed by atoms with E-state index in [4.69, 9.17) is 0 Å². The Balaban J connectivity index is 2.84. The zero-order valence-corrected chi connectivity index (χ0v) is 17.4. The quantitative estimate of drug-likeness (QED) is 0.718. The van der Waals surface area contributed by atoms with Crippen LogP contribution >= 0.6 is 0 Å². The molecule has 0 aliphatic carbocycles. The van der Waals surface area contributed by atoms with Crippen LogP contribution in [-0.2, 0) is 0 Å². The summed E-state index contributed by atoms with van der Waals surface area (Å²) in [5, 5.41) is 0. The Morgan fingerprint density at radius 2 is 0.864 bits per heavy atom. The Morgan fingerprint density at radius 1 is 0.591 bits per heavy atom. The molecule has 116 valence electrons. The van der Waals surface area contributed by atoms with Gasteiger partial charge < -0.3 is 0 Å². The fraction of sp³-hybridized carbons (Fsp3) is 0.381. The molecule has 0 heterocycles. The van der Waals surface area contributed by atoms with Crippen LogP contribution in [0.1, 0.15) is 47.2 Å². The molecule has 0 saturated carbocycles. The van der Waals surface area contributed by atoms with E-state index in [1.165, 1.54) is 33.4 Å². The fourth-order valence-electron chi connectivity index (χ4n) is 3.77. The number of benzene rings is 2. The van der Waals surface area contributed by atoms with Gasteiger partial charge in [-0.05, 0) is 0 Å². The standard InChI is InChI=1S/C21H28Ge/c1-13(2)22(20-16(5)9-14(3)10-17(20)6)21-18(7)11-15(4)12-19(21)8/h9-12H,1-8H3. The second kappa shape index (κ2) is 6.54. The van der Waals surface area contributed by atoms with E-state index in [9.17, 15) is 0 Å². The summed E-state index contributed by atoms with van der Waals surface area (Å²) in [6, 6.07) is 9.43. The molecular formula is C21H28Ge. The third-order valence-corrected chi connectivity index (χ3v) is 11.9. The molecule has 2 aromatic rings. The average Bonchev–Trinajstić information content (AvgIpc) is 2.34. The molecule has 0 atom stereocenters. The molecule has 0 bridgehead atoms.